The molecule has 0 atom stereocenters. The van der Waals surface area contributed by atoms with Crippen LogP contribution in [0.15, 0.2) is 48.5 Å². The maximum Gasteiger partial charge on any atom is 0.288 e. The third kappa shape index (κ3) is 3.33. The van der Waals surface area contributed by atoms with Crippen molar-refractivity contribution in [3.63, 3.8) is 0 Å². The predicted octanol–water partition coefficient (Wildman–Crippen LogP) is 5.42. The van der Waals surface area contributed by atoms with Crippen molar-refractivity contribution in [3.8, 4) is 10.4 Å². The molecule has 0 saturated heterocycles. The molecule has 1 N–H and O–H groups in total. The van der Waals surface area contributed by atoms with Gasteiger partial charge in [-0.15, -0.1) is 0 Å². The number of para-hydroxylation sites is 1. The van der Waals surface area contributed by atoms with Crippen LogP contribution < -0.4 is 5.32 Å². The van der Waals surface area contributed by atoms with Gasteiger partial charge in [-0.3, -0.25) is 10.1 Å². The van der Waals surface area contributed by atoms with Crippen LogP contribution in [0.5, 0.6) is 0 Å². The normalized spacial score (nSPS) is 10.5. The summed E-state index contributed by atoms with van der Waals surface area (Å²) in [5.41, 5.74) is 2.38. The average Bonchev–Trinajstić information content (AvgIpc) is 2.89. The van der Waals surface area contributed by atoms with Gasteiger partial charge in [-0.25, -0.2) is 4.98 Å². The van der Waals surface area contributed by atoms with Crippen molar-refractivity contribution < 1.29 is 4.92 Å². The molecule has 0 unspecified atom stereocenters. The number of nitrogens with zero attached hydrogens (tertiary/aromatic N) is 2. The zero-order chi connectivity index (χ0) is 16.4. The van der Waals surface area contributed by atoms with Gasteiger partial charge in [0.1, 0.15) is 5.02 Å². The molecule has 3 rings (SSSR count). The van der Waals surface area contributed by atoms with E-state index >= 15 is 0 Å². The predicted molar refractivity (Wildman–Crippen MR) is 93.7 cm³/mol. The van der Waals surface area contributed by atoms with E-state index in [-0.39, 0.29) is 10.7 Å². The van der Waals surface area contributed by atoms with Crippen LogP contribution in [0.1, 0.15) is 5.69 Å². The van der Waals surface area contributed by atoms with Crippen LogP contribution in [0, 0.1) is 17.0 Å². The second kappa shape index (κ2) is 6.36. The Hall–Kier alpha value is -2.44. The number of nitro groups is 1. The number of halogens is 1. The van der Waals surface area contributed by atoms with Gasteiger partial charge in [0.05, 0.1) is 15.5 Å². The lowest BCUT2D eigenvalue weighted by atomic mass is 10.1. The average molecular weight is 346 g/mol. The molecule has 1 aromatic heterocycles. The molecule has 0 aliphatic rings. The quantitative estimate of drug-likeness (QED) is 0.506. The lowest BCUT2D eigenvalue weighted by Crippen LogP contribution is -1.89. The Morgan fingerprint density at radius 3 is 2.65 bits per heavy atom. The van der Waals surface area contributed by atoms with Gasteiger partial charge < -0.3 is 5.32 Å². The van der Waals surface area contributed by atoms with Gasteiger partial charge in [-0.2, -0.15) is 0 Å². The molecule has 0 aliphatic heterocycles. The molecule has 0 radical (unpaired) electrons. The minimum Gasteiger partial charge on any atom is -0.332 e. The summed E-state index contributed by atoms with van der Waals surface area (Å²) in [6.07, 6.45) is 0. The van der Waals surface area contributed by atoms with E-state index in [1.165, 1.54) is 17.4 Å². The van der Waals surface area contributed by atoms with Crippen molar-refractivity contribution >= 4 is 39.4 Å². The molecule has 0 spiro atoms. The number of hydrogen-bond acceptors (Lipinski definition) is 5. The minimum absolute atomic E-state index is 0.102. The molecule has 116 valence electrons. The summed E-state index contributed by atoms with van der Waals surface area (Å²) in [4.78, 5) is 15.9. The molecule has 7 heteroatoms. The molecule has 0 amide bonds. The summed E-state index contributed by atoms with van der Waals surface area (Å²) in [7, 11) is 0. The number of benzene rings is 2. The largest absolute Gasteiger partial charge is 0.332 e. The fourth-order valence-electron chi connectivity index (χ4n) is 2.16. The number of aryl methyl sites for hydroxylation is 1. The van der Waals surface area contributed by atoms with Crippen molar-refractivity contribution in [3.05, 3.63) is 69.4 Å². The highest BCUT2D eigenvalue weighted by atomic mass is 35.5. The highest BCUT2D eigenvalue weighted by Crippen LogP contribution is 2.37. The molecule has 0 aliphatic carbocycles. The Bertz CT molecular complexity index is 865. The molecule has 1 heterocycles. The van der Waals surface area contributed by atoms with Crippen LogP contribution in [0.25, 0.3) is 10.4 Å². The molecule has 2 aromatic carbocycles. The smallest absolute Gasteiger partial charge is 0.288 e. The first kappa shape index (κ1) is 15.5. The number of nitro benzene ring substituents is 1. The second-order valence-electron chi connectivity index (χ2n) is 4.85. The van der Waals surface area contributed by atoms with Gasteiger partial charge in [0.15, 0.2) is 5.13 Å². The molecule has 0 bridgehead atoms. The maximum absolute atomic E-state index is 11.0. The van der Waals surface area contributed by atoms with Crippen LogP contribution >= 0.6 is 22.9 Å². The van der Waals surface area contributed by atoms with Crippen molar-refractivity contribution in [2.24, 2.45) is 0 Å². The van der Waals surface area contributed by atoms with Gasteiger partial charge in [0.2, 0.25) is 0 Å². The topological polar surface area (TPSA) is 68.1 Å². The molecular weight excluding hydrogens is 334 g/mol. The second-order valence-corrected chi connectivity index (χ2v) is 6.25. The SMILES string of the molecule is Cc1nc(Nc2ccccc2)sc1-c1ccc(Cl)c([N+](=O)[O-])c1. The van der Waals surface area contributed by atoms with Crippen LogP contribution in [-0.2, 0) is 0 Å². The zero-order valence-electron chi connectivity index (χ0n) is 12.1. The van der Waals surface area contributed by atoms with E-state index in [2.05, 4.69) is 10.3 Å². The molecular formula is C16H12ClN3O2S. The summed E-state index contributed by atoms with van der Waals surface area (Å²) in [5.74, 6) is 0. The first-order chi connectivity index (χ1) is 11.0. The highest BCUT2D eigenvalue weighted by Gasteiger charge is 2.16. The van der Waals surface area contributed by atoms with Gasteiger partial charge in [-0.05, 0) is 25.1 Å². The number of nitrogens with one attached hydrogen (secondary N) is 1. The van der Waals surface area contributed by atoms with Crippen LogP contribution in [-0.4, -0.2) is 9.91 Å². The Morgan fingerprint density at radius 1 is 1.22 bits per heavy atom. The minimum atomic E-state index is -0.481. The Morgan fingerprint density at radius 2 is 1.96 bits per heavy atom. The van der Waals surface area contributed by atoms with Gasteiger partial charge in [0.25, 0.3) is 5.69 Å². The number of hydrogen-bond donors (Lipinski definition) is 1. The van der Waals surface area contributed by atoms with E-state index in [1.807, 2.05) is 37.3 Å². The molecule has 5 nitrogen and oxygen atoms in total. The standard InChI is InChI=1S/C16H12ClN3O2S/c1-10-15(11-7-8-13(17)14(9-11)20(21)22)23-16(18-10)19-12-5-3-2-4-6-12/h2-9H,1H3,(H,18,19). The van der Waals surface area contributed by atoms with Gasteiger partial charge in [0, 0.05) is 17.3 Å². The van der Waals surface area contributed by atoms with Crippen molar-refractivity contribution in [2.45, 2.75) is 6.92 Å². The Labute approximate surface area is 141 Å². The summed E-state index contributed by atoms with van der Waals surface area (Å²) in [6.45, 7) is 1.88. The van der Waals surface area contributed by atoms with E-state index in [4.69, 9.17) is 11.6 Å². The van der Waals surface area contributed by atoms with Crippen LogP contribution in [0.2, 0.25) is 5.02 Å². The van der Waals surface area contributed by atoms with Crippen molar-refractivity contribution in [1.29, 1.82) is 0 Å². The lowest BCUT2D eigenvalue weighted by Gasteiger charge is -2.01. The van der Waals surface area contributed by atoms with Gasteiger partial charge >= 0.3 is 0 Å². The van der Waals surface area contributed by atoms with E-state index < -0.39 is 4.92 Å². The molecule has 23 heavy (non-hydrogen) atoms. The van der Waals surface area contributed by atoms with E-state index in [1.54, 1.807) is 12.1 Å². The lowest BCUT2D eigenvalue weighted by molar-refractivity contribution is -0.384. The third-order valence-corrected chi connectivity index (χ3v) is 4.67. The van der Waals surface area contributed by atoms with Crippen LogP contribution in [0.3, 0.4) is 0 Å². The van der Waals surface area contributed by atoms with E-state index in [9.17, 15) is 10.1 Å². The molecule has 0 saturated carbocycles. The maximum atomic E-state index is 11.0. The van der Waals surface area contributed by atoms with E-state index in [0.717, 1.165) is 27.0 Å². The first-order valence-electron chi connectivity index (χ1n) is 6.78. The summed E-state index contributed by atoms with van der Waals surface area (Å²) in [6, 6.07) is 14.5. The fourth-order valence-corrected chi connectivity index (χ4v) is 3.33. The number of thiazole rings is 1. The zero-order valence-corrected chi connectivity index (χ0v) is 13.7. The number of aromatic nitrogens is 1. The van der Waals surface area contributed by atoms with Crippen molar-refractivity contribution in [2.75, 3.05) is 5.32 Å². The summed E-state index contributed by atoms with van der Waals surface area (Å²) >= 11 is 7.31. The Kier molecular flexibility index (Phi) is 4.27. The first-order valence-corrected chi connectivity index (χ1v) is 7.98. The highest BCUT2D eigenvalue weighted by molar-refractivity contribution is 7.19. The van der Waals surface area contributed by atoms with Crippen LogP contribution in [0.4, 0.5) is 16.5 Å². The molecule has 0 fully saturated rings. The fraction of sp³-hybridized carbons (Fsp3) is 0.0625. The third-order valence-electron chi connectivity index (χ3n) is 3.23. The Balaban J connectivity index is 1.95. The summed E-state index contributed by atoms with van der Waals surface area (Å²) in [5, 5.41) is 15.1. The monoisotopic (exact) mass is 345 g/mol. The summed E-state index contributed by atoms with van der Waals surface area (Å²) < 4.78 is 0. The number of rotatable bonds is 4. The van der Waals surface area contributed by atoms with Crippen molar-refractivity contribution in [1.82, 2.24) is 4.98 Å². The van der Waals surface area contributed by atoms with Gasteiger partial charge in [-0.1, -0.05) is 47.2 Å². The molecule has 3 aromatic rings. The van der Waals surface area contributed by atoms with E-state index in [0.29, 0.717) is 0 Å². The number of anilines is 2.